The van der Waals surface area contributed by atoms with Gasteiger partial charge in [-0.2, -0.15) is 0 Å². The molecule has 0 amide bonds. The number of thiophene rings is 1. The van der Waals surface area contributed by atoms with Crippen molar-refractivity contribution < 1.29 is 0 Å². The van der Waals surface area contributed by atoms with Gasteiger partial charge in [0.25, 0.3) is 0 Å². The summed E-state index contributed by atoms with van der Waals surface area (Å²) >= 11 is 1.92. The molecule has 1 aliphatic rings. The molecule has 1 aliphatic heterocycles. The topological polar surface area (TPSA) is 15.3 Å². The summed E-state index contributed by atoms with van der Waals surface area (Å²) in [5.74, 6) is 0. The Kier molecular flexibility index (Phi) is 3.56. The molecule has 2 rings (SSSR count). The third-order valence-electron chi connectivity index (χ3n) is 2.79. The second-order valence-electron chi connectivity index (χ2n) is 3.85. The lowest BCUT2D eigenvalue weighted by Gasteiger charge is -2.26. The maximum atomic E-state index is 3.20. The summed E-state index contributed by atoms with van der Waals surface area (Å²) in [7, 11) is 2.02. The molecule has 0 unspecified atom stereocenters. The van der Waals surface area contributed by atoms with E-state index < -0.39 is 0 Å². The van der Waals surface area contributed by atoms with E-state index in [2.05, 4.69) is 21.7 Å². The van der Waals surface area contributed by atoms with Gasteiger partial charge in [-0.3, -0.25) is 4.90 Å². The van der Waals surface area contributed by atoms with Gasteiger partial charge in [0.1, 0.15) is 0 Å². The molecule has 0 fully saturated rings. The van der Waals surface area contributed by atoms with Crippen molar-refractivity contribution in [1.29, 1.82) is 0 Å². The van der Waals surface area contributed by atoms with Crippen molar-refractivity contribution in [3.8, 4) is 0 Å². The second kappa shape index (κ2) is 4.91. The zero-order valence-electron chi connectivity index (χ0n) is 8.75. The van der Waals surface area contributed by atoms with E-state index in [1.165, 1.54) is 32.5 Å². The summed E-state index contributed by atoms with van der Waals surface area (Å²) in [6.07, 6.45) is 2.52. The Morgan fingerprint density at radius 1 is 1.57 bits per heavy atom. The normalized spacial score (nSPS) is 16.9. The zero-order valence-corrected chi connectivity index (χ0v) is 9.57. The van der Waals surface area contributed by atoms with Crippen LogP contribution in [-0.2, 0) is 13.0 Å². The van der Waals surface area contributed by atoms with E-state index in [0.717, 1.165) is 6.54 Å². The first kappa shape index (κ1) is 10.1. The Labute approximate surface area is 89.9 Å². The van der Waals surface area contributed by atoms with E-state index in [4.69, 9.17) is 0 Å². The van der Waals surface area contributed by atoms with Gasteiger partial charge in [-0.1, -0.05) is 0 Å². The van der Waals surface area contributed by atoms with Gasteiger partial charge in [0, 0.05) is 18.0 Å². The van der Waals surface area contributed by atoms with Gasteiger partial charge in [0.2, 0.25) is 0 Å². The van der Waals surface area contributed by atoms with Crippen LogP contribution in [-0.4, -0.2) is 31.6 Å². The average Bonchev–Trinajstić information content (AvgIpc) is 2.65. The number of fused-ring (bicyclic) bond motifs is 1. The summed E-state index contributed by atoms with van der Waals surface area (Å²) in [5.41, 5.74) is 1.56. The highest BCUT2D eigenvalue weighted by atomic mass is 32.1. The molecule has 2 nitrogen and oxygen atoms in total. The highest BCUT2D eigenvalue weighted by Gasteiger charge is 2.15. The lowest BCUT2D eigenvalue weighted by atomic mass is 10.1. The first-order valence-electron chi connectivity index (χ1n) is 5.32. The largest absolute Gasteiger partial charge is 0.320 e. The Bertz CT molecular complexity index is 283. The smallest absolute Gasteiger partial charge is 0.0244 e. The molecule has 0 saturated carbocycles. The number of nitrogens with one attached hydrogen (secondary N) is 1. The minimum Gasteiger partial charge on any atom is -0.320 e. The van der Waals surface area contributed by atoms with Crippen LogP contribution in [0.25, 0.3) is 0 Å². The third-order valence-corrected chi connectivity index (χ3v) is 3.81. The van der Waals surface area contributed by atoms with E-state index >= 15 is 0 Å². The van der Waals surface area contributed by atoms with Crippen LogP contribution < -0.4 is 5.32 Å². The van der Waals surface area contributed by atoms with Crippen molar-refractivity contribution in [3.05, 3.63) is 21.9 Å². The average molecular weight is 210 g/mol. The molecule has 1 N–H and O–H groups in total. The molecule has 78 valence electrons. The van der Waals surface area contributed by atoms with Gasteiger partial charge in [-0.15, -0.1) is 11.3 Å². The Morgan fingerprint density at radius 2 is 2.50 bits per heavy atom. The van der Waals surface area contributed by atoms with Crippen molar-refractivity contribution in [2.24, 2.45) is 0 Å². The predicted octanol–water partition coefficient (Wildman–Crippen LogP) is 1.72. The van der Waals surface area contributed by atoms with E-state index in [1.807, 2.05) is 18.4 Å². The first-order chi connectivity index (χ1) is 6.90. The molecule has 1 aromatic heterocycles. The van der Waals surface area contributed by atoms with Crippen molar-refractivity contribution in [2.45, 2.75) is 19.4 Å². The lowest BCUT2D eigenvalue weighted by Crippen LogP contribution is -2.31. The fraction of sp³-hybridized carbons (Fsp3) is 0.636. The molecule has 0 aliphatic carbocycles. The Morgan fingerprint density at radius 3 is 3.36 bits per heavy atom. The van der Waals surface area contributed by atoms with Crippen LogP contribution in [0.4, 0.5) is 0 Å². The molecule has 14 heavy (non-hydrogen) atoms. The molecular formula is C11H18N2S. The monoisotopic (exact) mass is 210 g/mol. The first-order valence-corrected chi connectivity index (χ1v) is 6.20. The lowest BCUT2D eigenvalue weighted by molar-refractivity contribution is 0.252. The van der Waals surface area contributed by atoms with Crippen molar-refractivity contribution in [2.75, 3.05) is 26.7 Å². The summed E-state index contributed by atoms with van der Waals surface area (Å²) in [6.45, 7) is 4.78. The minimum atomic E-state index is 1.13. The summed E-state index contributed by atoms with van der Waals surface area (Å²) in [6, 6.07) is 2.28. The van der Waals surface area contributed by atoms with E-state index in [9.17, 15) is 0 Å². The van der Waals surface area contributed by atoms with Crippen LogP contribution in [0.5, 0.6) is 0 Å². The van der Waals surface area contributed by atoms with Crippen molar-refractivity contribution in [3.63, 3.8) is 0 Å². The highest BCUT2D eigenvalue weighted by molar-refractivity contribution is 7.10. The van der Waals surface area contributed by atoms with Gasteiger partial charge in [0.15, 0.2) is 0 Å². The van der Waals surface area contributed by atoms with Crippen LogP contribution in [0, 0.1) is 0 Å². The number of nitrogens with zero attached hydrogens (tertiary/aromatic N) is 1. The van der Waals surface area contributed by atoms with Gasteiger partial charge in [0.05, 0.1) is 0 Å². The van der Waals surface area contributed by atoms with Crippen molar-refractivity contribution in [1.82, 2.24) is 10.2 Å². The highest BCUT2D eigenvalue weighted by Crippen LogP contribution is 2.23. The van der Waals surface area contributed by atoms with E-state index in [0.29, 0.717) is 0 Å². The van der Waals surface area contributed by atoms with Gasteiger partial charge >= 0.3 is 0 Å². The summed E-state index contributed by atoms with van der Waals surface area (Å²) in [5, 5.41) is 5.42. The van der Waals surface area contributed by atoms with Crippen LogP contribution in [0.1, 0.15) is 16.9 Å². The maximum Gasteiger partial charge on any atom is 0.0244 e. The molecule has 0 radical (unpaired) electrons. The molecule has 0 aromatic carbocycles. The molecule has 0 atom stereocenters. The molecule has 1 aromatic rings. The van der Waals surface area contributed by atoms with Crippen LogP contribution in [0.3, 0.4) is 0 Å². The fourth-order valence-corrected chi connectivity index (χ4v) is 2.87. The van der Waals surface area contributed by atoms with Gasteiger partial charge in [-0.25, -0.2) is 0 Å². The molecule has 0 spiro atoms. The number of hydrogen-bond donors (Lipinski definition) is 1. The van der Waals surface area contributed by atoms with Gasteiger partial charge in [-0.05, 0) is 50.0 Å². The third kappa shape index (κ3) is 2.35. The molecule has 3 heteroatoms. The predicted molar refractivity (Wildman–Crippen MR) is 61.8 cm³/mol. The molecule has 0 bridgehead atoms. The molecular weight excluding hydrogens is 192 g/mol. The van der Waals surface area contributed by atoms with Crippen LogP contribution in [0.15, 0.2) is 11.4 Å². The number of rotatable bonds is 4. The zero-order chi connectivity index (χ0) is 9.80. The summed E-state index contributed by atoms with van der Waals surface area (Å²) < 4.78 is 0. The SMILES string of the molecule is CNCCCN1CCc2sccc2C1. The second-order valence-corrected chi connectivity index (χ2v) is 4.85. The van der Waals surface area contributed by atoms with Crippen molar-refractivity contribution >= 4 is 11.3 Å². The van der Waals surface area contributed by atoms with Crippen LogP contribution in [0.2, 0.25) is 0 Å². The maximum absolute atomic E-state index is 3.20. The minimum absolute atomic E-state index is 1.13. The van der Waals surface area contributed by atoms with E-state index in [1.54, 1.807) is 10.4 Å². The molecule has 0 saturated heterocycles. The Hall–Kier alpha value is -0.380. The van der Waals surface area contributed by atoms with Gasteiger partial charge < -0.3 is 5.32 Å². The Balaban J connectivity index is 1.82. The fourth-order valence-electron chi connectivity index (χ4n) is 1.98. The van der Waals surface area contributed by atoms with E-state index in [-0.39, 0.29) is 0 Å². The number of hydrogen-bond acceptors (Lipinski definition) is 3. The quantitative estimate of drug-likeness (QED) is 0.761. The van der Waals surface area contributed by atoms with Crippen LogP contribution >= 0.6 is 11.3 Å². The standard InChI is InChI=1S/C11H18N2S/c1-12-5-2-6-13-7-3-11-10(9-13)4-8-14-11/h4,8,12H,2-3,5-7,9H2,1H3. The summed E-state index contributed by atoms with van der Waals surface area (Å²) in [4.78, 5) is 4.17. The molecule has 2 heterocycles.